The Morgan fingerprint density at radius 2 is 2.45 bits per heavy atom. The highest BCUT2D eigenvalue weighted by Gasteiger charge is 2.28. The topological polar surface area (TPSA) is 69.0 Å². The minimum absolute atomic E-state index is 0.0263. The van der Waals surface area contributed by atoms with Crippen LogP contribution in [0, 0.1) is 17.2 Å². The van der Waals surface area contributed by atoms with Crippen LogP contribution in [0.25, 0.3) is 0 Å². The first kappa shape index (κ1) is 16.3. The number of aromatic nitrogens is 1. The van der Waals surface area contributed by atoms with Crippen LogP contribution in [-0.4, -0.2) is 30.0 Å². The monoisotopic (exact) mass is 300 g/mol. The first-order chi connectivity index (χ1) is 10.7. The highest BCUT2D eigenvalue weighted by atomic mass is 16.2. The third-order valence-corrected chi connectivity index (χ3v) is 4.11. The molecule has 0 aliphatic carbocycles. The van der Waals surface area contributed by atoms with Gasteiger partial charge in [-0.15, -0.1) is 0 Å². The highest BCUT2D eigenvalue weighted by molar-refractivity contribution is 5.80. The summed E-state index contributed by atoms with van der Waals surface area (Å²) in [6.07, 6.45) is 5.61. The van der Waals surface area contributed by atoms with Crippen molar-refractivity contribution in [2.45, 2.75) is 45.6 Å². The number of nitrogens with one attached hydrogen (secondary N) is 1. The number of hydrogen-bond acceptors (Lipinski definition) is 4. The van der Waals surface area contributed by atoms with Gasteiger partial charge in [-0.05, 0) is 38.3 Å². The zero-order valence-electron chi connectivity index (χ0n) is 13.4. The van der Waals surface area contributed by atoms with Gasteiger partial charge in [0, 0.05) is 25.3 Å². The number of amides is 1. The van der Waals surface area contributed by atoms with E-state index in [-0.39, 0.29) is 17.9 Å². The normalized spacial score (nSPS) is 19.3. The van der Waals surface area contributed by atoms with E-state index in [1.54, 1.807) is 18.3 Å². The SMILES string of the molecule is CCC[C@@H](C)NC(=O)[C@H]1CCCN(c2ncccc2C#N)C1. The van der Waals surface area contributed by atoms with Gasteiger partial charge in [0.25, 0.3) is 0 Å². The van der Waals surface area contributed by atoms with Gasteiger partial charge in [0.05, 0.1) is 11.5 Å². The molecule has 5 heteroatoms. The molecule has 0 unspecified atom stereocenters. The van der Waals surface area contributed by atoms with Crippen molar-refractivity contribution in [3.8, 4) is 6.07 Å². The Morgan fingerprint density at radius 1 is 1.64 bits per heavy atom. The van der Waals surface area contributed by atoms with Crippen molar-refractivity contribution in [1.82, 2.24) is 10.3 Å². The molecule has 0 bridgehead atoms. The van der Waals surface area contributed by atoms with Crippen molar-refractivity contribution in [2.75, 3.05) is 18.0 Å². The lowest BCUT2D eigenvalue weighted by Gasteiger charge is -2.33. The van der Waals surface area contributed by atoms with Crippen LogP contribution in [0.4, 0.5) is 5.82 Å². The average molecular weight is 300 g/mol. The van der Waals surface area contributed by atoms with E-state index in [9.17, 15) is 10.1 Å². The van der Waals surface area contributed by atoms with E-state index in [2.05, 4.69) is 35.1 Å². The highest BCUT2D eigenvalue weighted by Crippen LogP contribution is 2.24. The van der Waals surface area contributed by atoms with Gasteiger partial charge >= 0.3 is 0 Å². The van der Waals surface area contributed by atoms with Crippen LogP contribution in [0.5, 0.6) is 0 Å². The summed E-state index contributed by atoms with van der Waals surface area (Å²) in [6.45, 7) is 5.65. The van der Waals surface area contributed by atoms with Crippen LogP contribution < -0.4 is 10.2 Å². The second-order valence-electron chi connectivity index (χ2n) is 5.97. The van der Waals surface area contributed by atoms with Crippen LogP contribution in [0.1, 0.15) is 45.1 Å². The molecule has 118 valence electrons. The zero-order valence-corrected chi connectivity index (χ0v) is 13.4. The van der Waals surface area contributed by atoms with Gasteiger partial charge in [-0.2, -0.15) is 5.26 Å². The van der Waals surface area contributed by atoms with Crippen molar-refractivity contribution < 1.29 is 4.79 Å². The van der Waals surface area contributed by atoms with Gasteiger partial charge < -0.3 is 10.2 Å². The summed E-state index contributed by atoms with van der Waals surface area (Å²) in [5, 5.41) is 12.3. The zero-order chi connectivity index (χ0) is 15.9. The molecule has 0 saturated carbocycles. The molecule has 5 nitrogen and oxygen atoms in total. The van der Waals surface area contributed by atoms with Crippen molar-refractivity contribution in [1.29, 1.82) is 5.26 Å². The molecule has 1 aliphatic rings. The average Bonchev–Trinajstić information content (AvgIpc) is 2.55. The molecule has 1 N–H and O–H groups in total. The fourth-order valence-electron chi connectivity index (χ4n) is 2.99. The Morgan fingerprint density at radius 3 is 3.18 bits per heavy atom. The lowest BCUT2D eigenvalue weighted by molar-refractivity contribution is -0.125. The van der Waals surface area contributed by atoms with Gasteiger partial charge in [0.2, 0.25) is 5.91 Å². The van der Waals surface area contributed by atoms with Gasteiger partial charge in [0.15, 0.2) is 0 Å². The summed E-state index contributed by atoms with van der Waals surface area (Å²) in [5.74, 6) is 0.797. The van der Waals surface area contributed by atoms with Crippen molar-refractivity contribution in [2.24, 2.45) is 5.92 Å². The summed E-state index contributed by atoms with van der Waals surface area (Å²) in [5.41, 5.74) is 0.572. The van der Waals surface area contributed by atoms with Crippen molar-refractivity contribution >= 4 is 11.7 Å². The smallest absolute Gasteiger partial charge is 0.225 e. The maximum absolute atomic E-state index is 12.4. The molecular weight excluding hydrogens is 276 g/mol. The summed E-state index contributed by atoms with van der Waals surface area (Å²) in [4.78, 5) is 18.8. The summed E-state index contributed by atoms with van der Waals surface area (Å²) in [6, 6.07) is 5.94. The largest absolute Gasteiger partial charge is 0.355 e. The number of pyridine rings is 1. The lowest BCUT2D eigenvalue weighted by Crippen LogP contribution is -2.45. The molecule has 0 radical (unpaired) electrons. The maximum Gasteiger partial charge on any atom is 0.225 e. The van der Waals surface area contributed by atoms with Gasteiger partial charge in [-0.3, -0.25) is 4.79 Å². The summed E-state index contributed by atoms with van der Waals surface area (Å²) in [7, 11) is 0. The third-order valence-electron chi connectivity index (χ3n) is 4.11. The minimum Gasteiger partial charge on any atom is -0.355 e. The van der Waals surface area contributed by atoms with E-state index in [1.807, 2.05) is 0 Å². The number of piperidine rings is 1. The number of anilines is 1. The number of carbonyl (C=O) groups is 1. The van der Waals surface area contributed by atoms with E-state index in [1.165, 1.54) is 0 Å². The summed E-state index contributed by atoms with van der Waals surface area (Å²) >= 11 is 0. The molecule has 1 amide bonds. The molecular formula is C17H24N4O. The van der Waals surface area contributed by atoms with E-state index in [0.717, 1.165) is 32.2 Å². The predicted octanol–water partition coefficient (Wildman–Crippen LogP) is 2.47. The maximum atomic E-state index is 12.4. The van der Waals surface area contributed by atoms with E-state index in [0.29, 0.717) is 17.9 Å². The third kappa shape index (κ3) is 3.97. The van der Waals surface area contributed by atoms with Crippen LogP contribution in [-0.2, 0) is 4.79 Å². The second kappa shape index (κ2) is 7.79. The Kier molecular flexibility index (Phi) is 5.76. The standard InChI is InChI=1S/C17H24N4O/c1-3-6-13(2)20-17(22)15-8-5-10-21(12-15)16-14(11-18)7-4-9-19-16/h4,7,9,13,15H,3,5-6,8,10,12H2,1-2H3,(H,20,22)/t13-,15+/m1/s1. The molecule has 1 aromatic rings. The minimum atomic E-state index is -0.0263. The Labute approximate surface area is 132 Å². The fraction of sp³-hybridized carbons (Fsp3) is 0.588. The lowest BCUT2D eigenvalue weighted by atomic mass is 9.96. The number of rotatable bonds is 5. The Balaban J connectivity index is 2.03. The number of nitriles is 1. The van der Waals surface area contributed by atoms with Gasteiger partial charge in [-0.25, -0.2) is 4.98 Å². The quantitative estimate of drug-likeness (QED) is 0.907. The van der Waals surface area contributed by atoms with E-state index >= 15 is 0 Å². The fourth-order valence-corrected chi connectivity index (χ4v) is 2.99. The van der Waals surface area contributed by atoms with E-state index in [4.69, 9.17) is 0 Å². The molecule has 2 atom stereocenters. The predicted molar refractivity (Wildman–Crippen MR) is 86.4 cm³/mol. The van der Waals surface area contributed by atoms with Crippen LogP contribution in [0.3, 0.4) is 0 Å². The first-order valence-electron chi connectivity index (χ1n) is 8.06. The molecule has 1 aromatic heterocycles. The molecule has 22 heavy (non-hydrogen) atoms. The van der Waals surface area contributed by atoms with Crippen LogP contribution in [0.15, 0.2) is 18.3 Å². The molecule has 0 spiro atoms. The van der Waals surface area contributed by atoms with Crippen molar-refractivity contribution in [3.05, 3.63) is 23.9 Å². The Bertz CT molecular complexity index is 552. The molecule has 1 fully saturated rings. The molecule has 2 rings (SSSR count). The van der Waals surface area contributed by atoms with Crippen LogP contribution >= 0.6 is 0 Å². The van der Waals surface area contributed by atoms with Gasteiger partial charge in [-0.1, -0.05) is 13.3 Å². The van der Waals surface area contributed by atoms with Crippen molar-refractivity contribution in [3.63, 3.8) is 0 Å². The Hall–Kier alpha value is -2.09. The number of hydrogen-bond donors (Lipinski definition) is 1. The van der Waals surface area contributed by atoms with E-state index < -0.39 is 0 Å². The molecule has 0 aromatic carbocycles. The second-order valence-corrected chi connectivity index (χ2v) is 5.97. The summed E-state index contributed by atoms with van der Waals surface area (Å²) < 4.78 is 0. The number of carbonyl (C=O) groups excluding carboxylic acids is 1. The van der Waals surface area contributed by atoms with Gasteiger partial charge in [0.1, 0.15) is 11.9 Å². The molecule has 2 heterocycles. The van der Waals surface area contributed by atoms with Crippen LogP contribution in [0.2, 0.25) is 0 Å². The number of nitrogens with zero attached hydrogens (tertiary/aromatic N) is 3. The molecule has 1 aliphatic heterocycles. The first-order valence-corrected chi connectivity index (χ1v) is 8.06. The molecule has 1 saturated heterocycles.